The largest absolute Gasteiger partial charge is 0.416 e. The van der Waals surface area contributed by atoms with Crippen LogP contribution in [0.4, 0.5) is 13.2 Å². The van der Waals surface area contributed by atoms with E-state index in [1.807, 2.05) is 6.26 Å². The van der Waals surface area contributed by atoms with E-state index in [1.54, 1.807) is 6.07 Å². The van der Waals surface area contributed by atoms with Gasteiger partial charge >= 0.3 is 6.18 Å². The van der Waals surface area contributed by atoms with Gasteiger partial charge in [-0.25, -0.2) is 0 Å². The van der Waals surface area contributed by atoms with Crippen LogP contribution in [0.1, 0.15) is 23.6 Å². The number of aliphatic imine (C=N–C) groups is 1. The molecule has 1 amide bonds. The number of hydrogen-bond acceptors (Lipinski definition) is 3. The Morgan fingerprint density at radius 2 is 1.92 bits per heavy atom. The van der Waals surface area contributed by atoms with Gasteiger partial charge in [-0.05, 0) is 17.9 Å². The molecule has 24 heavy (non-hydrogen) atoms. The Labute approximate surface area is 146 Å². The van der Waals surface area contributed by atoms with Crippen LogP contribution in [0, 0.1) is 0 Å². The number of alkyl halides is 3. The van der Waals surface area contributed by atoms with E-state index in [4.69, 9.17) is 0 Å². The minimum Gasteiger partial charge on any atom is -0.352 e. The molecule has 0 saturated carbocycles. The molecule has 0 radical (unpaired) electrons. The summed E-state index contributed by atoms with van der Waals surface area (Å²) in [4.78, 5) is 15.5. The van der Waals surface area contributed by atoms with E-state index in [0.29, 0.717) is 16.8 Å². The standard InChI is InChI=1S/C16H23F3N2OSSi/c1-11(22)20-9-13-7-6-12(8-14(13)16(17,18)19)15(23-2)21-10-24(3,4)5/h6-8H,9-10H2,1-5H3,(H,20,22). The summed E-state index contributed by atoms with van der Waals surface area (Å²) in [5.74, 6) is -0.367. The molecule has 1 N–H and O–H groups in total. The fourth-order valence-electron chi connectivity index (χ4n) is 1.93. The third kappa shape index (κ3) is 6.68. The van der Waals surface area contributed by atoms with Crippen LogP contribution in [0.15, 0.2) is 23.2 Å². The van der Waals surface area contributed by atoms with Crippen molar-refractivity contribution < 1.29 is 18.0 Å². The monoisotopic (exact) mass is 376 g/mol. The molecule has 0 aliphatic heterocycles. The van der Waals surface area contributed by atoms with E-state index in [-0.39, 0.29) is 18.0 Å². The topological polar surface area (TPSA) is 41.5 Å². The molecule has 0 unspecified atom stereocenters. The van der Waals surface area contributed by atoms with Gasteiger partial charge in [-0.15, -0.1) is 11.8 Å². The first-order valence-corrected chi connectivity index (χ1v) is 12.4. The predicted octanol–water partition coefficient (Wildman–Crippen LogP) is 4.33. The van der Waals surface area contributed by atoms with Gasteiger partial charge < -0.3 is 5.32 Å². The molecule has 0 aromatic heterocycles. The maximum Gasteiger partial charge on any atom is 0.416 e. The number of rotatable bonds is 5. The van der Waals surface area contributed by atoms with Gasteiger partial charge in [0.05, 0.1) is 18.7 Å². The predicted molar refractivity (Wildman–Crippen MR) is 97.2 cm³/mol. The van der Waals surface area contributed by atoms with Crippen LogP contribution >= 0.6 is 11.8 Å². The Morgan fingerprint density at radius 1 is 1.29 bits per heavy atom. The zero-order valence-electron chi connectivity index (χ0n) is 14.5. The van der Waals surface area contributed by atoms with Gasteiger partial charge in [0.15, 0.2) is 0 Å². The second-order valence-electron chi connectivity index (χ2n) is 6.67. The number of nitrogens with zero attached hydrogens (tertiary/aromatic N) is 1. The lowest BCUT2D eigenvalue weighted by molar-refractivity contribution is -0.138. The van der Waals surface area contributed by atoms with E-state index in [0.717, 1.165) is 6.07 Å². The first kappa shape index (κ1) is 20.8. The second kappa shape index (κ2) is 8.20. The van der Waals surface area contributed by atoms with Gasteiger partial charge in [-0.2, -0.15) is 13.2 Å². The summed E-state index contributed by atoms with van der Waals surface area (Å²) in [6, 6.07) is 4.16. The number of carbonyl (C=O) groups is 1. The molecule has 1 aromatic rings. The molecule has 0 heterocycles. The van der Waals surface area contributed by atoms with Crippen molar-refractivity contribution in [1.29, 1.82) is 0 Å². The van der Waals surface area contributed by atoms with E-state index in [2.05, 4.69) is 30.0 Å². The highest BCUT2D eigenvalue weighted by Gasteiger charge is 2.33. The average Bonchev–Trinajstić information content (AvgIpc) is 2.44. The average molecular weight is 377 g/mol. The summed E-state index contributed by atoms with van der Waals surface area (Å²) in [7, 11) is -1.43. The number of amides is 1. The van der Waals surface area contributed by atoms with Crippen LogP contribution in [-0.2, 0) is 17.5 Å². The number of carbonyl (C=O) groups excluding carboxylic acids is 1. The molecule has 1 rings (SSSR count). The summed E-state index contributed by atoms with van der Waals surface area (Å²) in [6.07, 6.45) is -2.01. The molecule has 0 bridgehead atoms. The van der Waals surface area contributed by atoms with Crippen LogP contribution in [0.5, 0.6) is 0 Å². The molecule has 134 valence electrons. The van der Waals surface area contributed by atoms with E-state index in [9.17, 15) is 18.0 Å². The Hall–Kier alpha value is -1.28. The Bertz CT molecular complexity index is 625. The Balaban J connectivity index is 3.24. The third-order valence-electron chi connectivity index (χ3n) is 3.08. The van der Waals surface area contributed by atoms with Gasteiger partial charge in [0, 0.05) is 25.2 Å². The number of halogens is 3. The molecule has 1 aromatic carbocycles. The van der Waals surface area contributed by atoms with Crippen molar-refractivity contribution in [2.45, 2.75) is 39.3 Å². The zero-order chi connectivity index (χ0) is 18.5. The van der Waals surface area contributed by atoms with Gasteiger partial charge in [-0.1, -0.05) is 31.8 Å². The molecular weight excluding hydrogens is 353 g/mol. The highest BCUT2D eigenvalue weighted by Crippen LogP contribution is 2.33. The van der Waals surface area contributed by atoms with Crippen LogP contribution in [-0.4, -0.2) is 31.4 Å². The molecule has 0 fully saturated rings. The van der Waals surface area contributed by atoms with Crippen LogP contribution in [0.25, 0.3) is 0 Å². The minimum absolute atomic E-state index is 0.0482. The lowest BCUT2D eigenvalue weighted by Crippen LogP contribution is -2.25. The Kier molecular flexibility index (Phi) is 7.09. The van der Waals surface area contributed by atoms with Gasteiger partial charge in [0.2, 0.25) is 5.91 Å². The smallest absolute Gasteiger partial charge is 0.352 e. The first-order chi connectivity index (χ1) is 10.9. The van der Waals surface area contributed by atoms with Crippen molar-refractivity contribution in [3.8, 4) is 0 Å². The molecule has 8 heteroatoms. The van der Waals surface area contributed by atoms with Crippen LogP contribution < -0.4 is 5.32 Å². The lowest BCUT2D eigenvalue weighted by Gasteiger charge is -2.16. The van der Waals surface area contributed by atoms with Crippen LogP contribution in [0.2, 0.25) is 19.6 Å². The highest BCUT2D eigenvalue weighted by atomic mass is 32.2. The summed E-state index contributed by atoms with van der Waals surface area (Å²) in [5, 5.41) is 3.02. The first-order valence-electron chi connectivity index (χ1n) is 7.47. The SMILES string of the molecule is CSC(=NC[Si](C)(C)C)c1ccc(CNC(C)=O)c(C(F)(F)F)c1. The molecule has 3 nitrogen and oxygen atoms in total. The van der Waals surface area contributed by atoms with Crippen molar-refractivity contribution in [3.63, 3.8) is 0 Å². The summed E-state index contributed by atoms with van der Waals surface area (Å²) in [6.45, 7) is 7.60. The van der Waals surface area contributed by atoms with Gasteiger partial charge in [-0.3, -0.25) is 9.79 Å². The van der Waals surface area contributed by atoms with E-state index in [1.165, 1.54) is 24.8 Å². The number of benzene rings is 1. The second-order valence-corrected chi connectivity index (χ2v) is 12.9. The quantitative estimate of drug-likeness (QED) is 0.472. The third-order valence-corrected chi connectivity index (χ3v) is 4.94. The molecule has 0 atom stereocenters. The van der Waals surface area contributed by atoms with Crippen molar-refractivity contribution in [3.05, 3.63) is 34.9 Å². The molecule has 0 aliphatic rings. The molecule has 0 saturated heterocycles. The van der Waals surface area contributed by atoms with Crippen molar-refractivity contribution in [2.24, 2.45) is 4.99 Å². The van der Waals surface area contributed by atoms with E-state index >= 15 is 0 Å². The molecular formula is C16H23F3N2OSSi. The van der Waals surface area contributed by atoms with Crippen LogP contribution in [0.3, 0.4) is 0 Å². The lowest BCUT2D eigenvalue weighted by atomic mass is 10.0. The number of hydrogen-bond donors (Lipinski definition) is 1. The van der Waals surface area contributed by atoms with Gasteiger partial charge in [0.25, 0.3) is 0 Å². The summed E-state index contributed by atoms with van der Waals surface area (Å²) < 4.78 is 40.0. The maximum atomic E-state index is 13.3. The number of thioether (sulfide) groups is 1. The van der Waals surface area contributed by atoms with Crippen molar-refractivity contribution >= 4 is 30.8 Å². The minimum atomic E-state index is -4.48. The number of nitrogens with one attached hydrogen (secondary N) is 1. The zero-order valence-corrected chi connectivity index (χ0v) is 16.4. The highest BCUT2D eigenvalue weighted by molar-refractivity contribution is 8.13. The summed E-state index contributed by atoms with van der Waals surface area (Å²) >= 11 is 1.34. The maximum absolute atomic E-state index is 13.3. The van der Waals surface area contributed by atoms with Gasteiger partial charge in [0.1, 0.15) is 0 Å². The van der Waals surface area contributed by atoms with Crippen molar-refractivity contribution in [1.82, 2.24) is 5.32 Å². The Morgan fingerprint density at radius 3 is 2.38 bits per heavy atom. The fourth-order valence-corrected chi connectivity index (χ4v) is 3.23. The fraction of sp³-hybridized carbons (Fsp3) is 0.500. The molecule has 0 spiro atoms. The normalized spacial score (nSPS) is 13.1. The molecule has 0 aliphatic carbocycles. The summed E-state index contributed by atoms with van der Waals surface area (Å²) in [5.41, 5.74) is -0.227. The van der Waals surface area contributed by atoms with Crippen molar-refractivity contribution in [2.75, 3.05) is 12.4 Å². The van der Waals surface area contributed by atoms with E-state index < -0.39 is 19.8 Å².